The van der Waals surface area contributed by atoms with Crippen molar-refractivity contribution in [2.45, 2.75) is 33.7 Å². The van der Waals surface area contributed by atoms with Crippen molar-refractivity contribution in [3.05, 3.63) is 59.2 Å². The minimum atomic E-state index is -3.85. The highest BCUT2D eigenvalue weighted by Crippen LogP contribution is 2.25. The SMILES string of the molecule is Cc1ccc(C)c(N(CC(=O)N[C@@H](C)COc2ccccc2C)S(=O)(=O)N(C)C)c1. The first-order valence-corrected chi connectivity index (χ1v) is 11.2. The van der Waals surface area contributed by atoms with Gasteiger partial charge >= 0.3 is 10.2 Å². The molecule has 0 radical (unpaired) electrons. The minimum absolute atomic E-state index is 0.278. The first kappa shape index (κ1) is 23.7. The van der Waals surface area contributed by atoms with E-state index >= 15 is 0 Å². The highest BCUT2D eigenvalue weighted by atomic mass is 32.2. The lowest BCUT2D eigenvalue weighted by molar-refractivity contribution is -0.120. The van der Waals surface area contributed by atoms with Crippen LogP contribution in [-0.2, 0) is 15.0 Å². The molecule has 0 unspecified atom stereocenters. The number of nitrogens with one attached hydrogen (secondary N) is 1. The average molecular weight is 434 g/mol. The van der Waals surface area contributed by atoms with Gasteiger partial charge in [0.25, 0.3) is 0 Å². The number of anilines is 1. The second-order valence-electron chi connectivity index (χ2n) is 7.63. The van der Waals surface area contributed by atoms with E-state index < -0.39 is 16.1 Å². The summed E-state index contributed by atoms with van der Waals surface area (Å²) in [7, 11) is -0.952. The van der Waals surface area contributed by atoms with E-state index in [0.717, 1.165) is 31.1 Å². The van der Waals surface area contributed by atoms with E-state index in [1.807, 2.05) is 64.1 Å². The predicted molar refractivity (Wildman–Crippen MR) is 120 cm³/mol. The molecular formula is C22H31N3O4S. The molecule has 0 aliphatic rings. The molecule has 0 saturated carbocycles. The second kappa shape index (κ2) is 9.95. The van der Waals surface area contributed by atoms with E-state index in [9.17, 15) is 13.2 Å². The second-order valence-corrected chi connectivity index (χ2v) is 9.70. The van der Waals surface area contributed by atoms with E-state index in [4.69, 9.17) is 4.74 Å². The van der Waals surface area contributed by atoms with Crippen molar-refractivity contribution in [3.63, 3.8) is 0 Å². The van der Waals surface area contributed by atoms with Crippen LogP contribution in [-0.4, -0.2) is 51.9 Å². The van der Waals surface area contributed by atoms with Crippen molar-refractivity contribution in [1.82, 2.24) is 9.62 Å². The van der Waals surface area contributed by atoms with Gasteiger partial charge < -0.3 is 10.1 Å². The fourth-order valence-corrected chi connectivity index (χ4v) is 4.02. The molecule has 30 heavy (non-hydrogen) atoms. The summed E-state index contributed by atoms with van der Waals surface area (Å²) in [5.74, 6) is 0.355. The summed E-state index contributed by atoms with van der Waals surface area (Å²) in [6.07, 6.45) is 0. The van der Waals surface area contributed by atoms with E-state index in [1.165, 1.54) is 14.1 Å². The Hall–Kier alpha value is -2.58. The van der Waals surface area contributed by atoms with Crippen LogP contribution in [0.4, 0.5) is 5.69 Å². The molecule has 0 bridgehead atoms. The Balaban J connectivity index is 2.12. The molecule has 0 heterocycles. The van der Waals surface area contributed by atoms with Gasteiger partial charge in [-0.3, -0.25) is 4.79 Å². The molecule has 0 fully saturated rings. The Morgan fingerprint density at radius 1 is 1.07 bits per heavy atom. The molecule has 0 aliphatic carbocycles. The summed E-state index contributed by atoms with van der Waals surface area (Å²) in [6.45, 7) is 7.43. The summed E-state index contributed by atoms with van der Waals surface area (Å²) in [4.78, 5) is 12.7. The van der Waals surface area contributed by atoms with Crippen LogP contribution in [0, 0.1) is 20.8 Å². The molecule has 1 amide bonds. The fourth-order valence-electron chi connectivity index (χ4n) is 2.90. The molecular weight excluding hydrogens is 402 g/mol. The maximum Gasteiger partial charge on any atom is 0.304 e. The Morgan fingerprint density at radius 2 is 1.73 bits per heavy atom. The smallest absolute Gasteiger partial charge is 0.304 e. The van der Waals surface area contributed by atoms with Gasteiger partial charge in [-0.1, -0.05) is 30.3 Å². The quantitative estimate of drug-likeness (QED) is 0.660. The minimum Gasteiger partial charge on any atom is -0.491 e. The van der Waals surface area contributed by atoms with Gasteiger partial charge in [-0.15, -0.1) is 0 Å². The number of rotatable bonds is 9. The lowest BCUT2D eigenvalue weighted by Gasteiger charge is -2.29. The summed E-state index contributed by atoms with van der Waals surface area (Å²) < 4.78 is 33.8. The molecule has 8 heteroatoms. The van der Waals surface area contributed by atoms with Crippen molar-refractivity contribution < 1.29 is 17.9 Å². The number of carbonyl (C=O) groups excluding carboxylic acids is 1. The first-order chi connectivity index (χ1) is 14.0. The molecule has 2 rings (SSSR count). The highest BCUT2D eigenvalue weighted by molar-refractivity contribution is 7.90. The standard InChI is InChI=1S/C22H31N3O4S/c1-16-11-12-17(2)20(13-16)25(30(27,28)24(5)6)14-22(26)23-19(4)15-29-21-10-8-7-9-18(21)3/h7-13,19H,14-15H2,1-6H3,(H,23,26)/t19-/m0/s1. The molecule has 7 nitrogen and oxygen atoms in total. The third-order valence-corrected chi connectivity index (χ3v) is 6.46. The molecule has 2 aromatic rings. The van der Waals surface area contributed by atoms with Crippen LogP contribution < -0.4 is 14.4 Å². The molecule has 0 aromatic heterocycles. The van der Waals surface area contributed by atoms with Gasteiger partial charge in [0, 0.05) is 14.1 Å². The van der Waals surface area contributed by atoms with Crippen LogP contribution in [0.1, 0.15) is 23.6 Å². The Labute approximate surface area is 179 Å². The predicted octanol–water partition coefficient (Wildman–Crippen LogP) is 2.81. The first-order valence-electron chi connectivity index (χ1n) is 9.77. The van der Waals surface area contributed by atoms with Crippen LogP contribution in [0.15, 0.2) is 42.5 Å². The zero-order valence-electron chi connectivity index (χ0n) is 18.5. The van der Waals surface area contributed by atoms with Gasteiger partial charge in [0.1, 0.15) is 18.9 Å². The zero-order valence-corrected chi connectivity index (χ0v) is 19.3. The van der Waals surface area contributed by atoms with Gasteiger partial charge in [0.15, 0.2) is 0 Å². The number of para-hydroxylation sites is 1. The van der Waals surface area contributed by atoms with E-state index in [-0.39, 0.29) is 19.2 Å². The van der Waals surface area contributed by atoms with Crippen molar-refractivity contribution in [3.8, 4) is 5.75 Å². The van der Waals surface area contributed by atoms with Crippen molar-refractivity contribution in [1.29, 1.82) is 0 Å². The van der Waals surface area contributed by atoms with Crippen molar-refractivity contribution in [2.24, 2.45) is 0 Å². The number of carbonyl (C=O) groups is 1. The number of amides is 1. The topological polar surface area (TPSA) is 79.0 Å². The van der Waals surface area contributed by atoms with Crippen LogP contribution in [0.25, 0.3) is 0 Å². The average Bonchev–Trinajstić information content (AvgIpc) is 2.67. The molecule has 2 aromatic carbocycles. The largest absolute Gasteiger partial charge is 0.491 e. The van der Waals surface area contributed by atoms with E-state index in [1.54, 1.807) is 6.07 Å². The van der Waals surface area contributed by atoms with Gasteiger partial charge in [-0.2, -0.15) is 12.7 Å². The summed E-state index contributed by atoms with van der Waals surface area (Å²) in [5, 5.41) is 2.83. The lowest BCUT2D eigenvalue weighted by Crippen LogP contribution is -2.48. The number of ether oxygens (including phenoxy) is 1. The van der Waals surface area contributed by atoms with Gasteiger partial charge in [-0.25, -0.2) is 4.31 Å². The van der Waals surface area contributed by atoms with Crippen LogP contribution in [0.3, 0.4) is 0 Å². The van der Waals surface area contributed by atoms with Crippen molar-refractivity contribution in [2.75, 3.05) is 31.6 Å². The van der Waals surface area contributed by atoms with E-state index in [2.05, 4.69) is 5.32 Å². The molecule has 0 aliphatic heterocycles. The van der Waals surface area contributed by atoms with Crippen molar-refractivity contribution >= 4 is 21.8 Å². The third-order valence-electron chi connectivity index (χ3n) is 4.65. The number of hydrogen-bond acceptors (Lipinski definition) is 4. The third kappa shape index (κ3) is 5.96. The Kier molecular flexibility index (Phi) is 7.86. The fraction of sp³-hybridized carbons (Fsp3) is 0.409. The summed E-state index contributed by atoms with van der Waals surface area (Å²) in [5.41, 5.74) is 3.18. The monoisotopic (exact) mass is 433 g/mol. The normalized spacial score (nSPS) is 12.5. The lowest BCUT2D eigenvalue weighted by atomic mass is 10.1. The number of aryl methyl sites for hydroxylation is 3. The molecule has 1 N–H and O–H groups in total. The maximum atomic E-state index is 12.9. The van der Waals surface area contributed by atoms with E-state index in [0.29, 0.717) is 5.69 Å². The molecule has 164 valence electrons. The highest BCUT2D eigenvalue weighted by Gasteiger charge is 2.28. The Bertz CT molecular complexity index is 990. The summed E-state index contributed by atoms with van der Waals surface area (Å²) >= 11 is 0. The van der Waals surface area contributed by atoms with Gasteiger partial charge in [0.05, 0.1) is 11.7 Å². The summed E-state index contributed by atoms with van der Waals surface area (Å²) in [6, 6.07) is 12.9. The van der Waals surface area contributed by atoms with Crippen LogP contribution in [0.2, 0.25) is 0 Å². The molecule has 0 saturated heterocycles. The zero-order chi connectivity index (χ0) is 22.5. The number of hydrogen-bond donors (Lipinski definition) is 1. The van der Waals surface area contributed by atoms with Gasteiger partial charge in [-0.05, 0) is 56.5 Å². The van der Waals surface area contributed by atoms with Gasteiger partial charge in [0.2, 0.25) is 5.91 Å². The molecule has 0 spiro atoms. The number of benzene rings is 2. The Morgan fingerprint density at radius 3 is 2.37 bits per heavy atom. The molecule has 1 atom stereocenters. The maximum absolute atomic E-state index is 12.9. The van der Waals surface area contributed by atoms with Crippen LogP contribution >= 0.6 is 0 Å². The number of nitrogens with zero attached hydrogens (tertiary/aromatic N) is 2. The van der Waals surface area contributed by atoms with Crippen LogP contribution in [0.5, 0.6) is 5.75 Å².